The van der Waals surface area contributed by atoms with Crippen molar-refractivity contribution < 1.29 is 33.1 Å². The van der Waals surface area contributed by atoms with E-state index in [-0.39, 0.29) is 11.9 Å². The molecule has 0 N–H and O–H groups in total. The van der Waals surface area contributed by atoms with Crippen molar-refractivity contribution in [2.24, 2.45) is 5.92 Å². The molecule has 0 aliphatic heterocycles. The summed E-state index contributed by atoms with van der Waals surface area (Å²) >= 11 is 0. The van der Waals surface area contributed by atoms with Crippen LogP contribution in [0.3, 0.4) is 0 Å². The van der Waals surface area contributed by atoms with Gasteiger partial charge in [0.15, 0.2) is 0 Å². The van der Waals surface area contributed by atoms with Gasteiger partial charge < -0.3 is 23.5 Å². The van der Waals surface area contributed by atoms with Crippen molar-refractivity contribution in [3.05, 3.63) is 54.1 Å². The second-order valence-corrected chi connectivity index (χ2v) is 7.54. The van der Waals surface area contributed by atoms with E-state index in [9.17, 15) is 9.59 Å². The molecule has 0 heterocycles. The third-order valence-corrected chi connectivity index (χ3v) is 5.05. The summed E-state index contributed by atoms with van der Waals surface area (Å²) in [6.07, 6.45) is 2.28. The lowest BCUT2D eigenvalue weighted by atomic mass is 9.79. The Labute approximate surface area is 196 Å². The molecule has 33 heavy (non-hydrogen) atoms. The van der Waals surface area contributed by atoms with Crippen LogP contribution >= 0.6 is 0 Å². The zero-order valence-corrected chi connectivity index (χ0v) is 19.9. The van der Waals surface area contributed by atoms with E-state index in [0.29, 0.717) is 36.9 Å². The van der Waals surface area contributed by atoms with Crippen LogP contribution in [-0.4, -0.2) is 46.0 Å². The minimum absolute atomic E-state index is 0.0609. The first-order chi connectivity index (χ1) is 16.0. The van der Waals surface area contributed by atoms with Crippen LogP contribution in [0.2, 0.25) is 0 Å². The SMILES string of the molecule is CCOB(OC)c1ccc(OC(=O)c2ccc(OCCCCOC(=O)C(C)CC)cc2)cc1. The van der Waals surface area contributed by atoms with Crippen LogP contribution in [0.5, 0.6) is 11.5 Å². The van der Waals surface area contributed by atoms with Crippen molar-refractivity contribution in [1.29, 1.82) is 0 Å². The number of benzene rings is 2. The summed E-state index contributed by atoms with van der Waals surface area (Å²) in [5.41, 5.74) is 1.27. The van der Waals surface area contributed by atoms with E-state index in [0.717, 1.165) is 24.7 Å². The minimum atomic E-state index is -0.453. The lowest BCUT2D eigenvalue weighted by Crippen LogP contribution is -2.35. The van der Waals surface area contributed by atoms with Gasteiger partial charge in [-0.1, -0.05) is 26.0 Å². The van der Waals surface area contributed by atoms with Gasteiger partial charge in [0, 0.05) is 13.7 Å². The predicted molar refractivity (Wildman–Crippen MR) is 127 cm³/mol. The number of unbranched alkanes of at least 4 members (excludes halogenated alkanes) is 1. The van der Waals surface area contributed by atoms with Gasteiger partial charge in [0.1, 0.15) is 11.5 Å². The molecule has 0 bridgehead atoms. The molecule has 0 saturated heterocycles. The molecule has 8 heteroatoms. The Hall–Kier alpha value is -2.84. The fraction of sp³-hybridized carbons (Fsp3) is 0.440. The standard InChI is InChI=1S/C25H33BO7/c1-5-19(3)24(27)31-18-8-7-17-30-22-13-9-20(10-14-22)25(28)33-23-15-11-21(12-16-23)26(29-4)32-6-2/h9-16,19H,5-8,17-18H2,1-4H3. The van der Waals surface area contributed by atoms with Crippen LogP contribution in [0.15, 0.2) is 48.5 Å². The summed E-state index contributed by atoms with van der Waals surface area (Å²) in [5, 5.41) is 0. The van der Waals surface area contributed by atoms with Gasteiger partial charge in [0.05, 0.1) is 24.7 Å². The molecule has 7 nitrogen and oxygen atoms in total. The molecule has 2 rings (SSSR count). The van der Waals surface area contributed by atoms with E-state index in [2.05, 4.69) is 0 Å². The molecule has 178 valence electrons. The van der Waals surface area contributed by atoms with Crippen LogP contribution < -0.4 is 14.9 Å². The van der Waals surface area contributed by atoms with Gasteiger partial charge in [-0.2, -0.15) is 0 Å². The first-order valence-corrected chi connectivity index (χ1v) is 11.3. The summed E-state index contributed by atoms with van der Waals surface area (Å²) in [6.45, 7) is 7.15. The van der Waals surface area contributed by atoms with Gasteiger partial charge in [-0.3, -0.25) is 4.79 Å². The Morgan fingerprint density at radius 3 is 2.15 bits per heavy atom. The average molecular weight is 456 g/mol. The number of esters is 2. The van der Waals surface area contributed by atoms with Gasteiger partial charge in [-0.15, -0.1) is 0 Å². The molecule has 0 aliphatic carbocycles. The molecule has 1 atom stereocenters. The maximum Gasteiger partial charge on any atom is 0.493 e. The van der Waals surface area contributed by atoms with Crippen molar-refractivity contribution in [2.75, 3.05) is 26.9 Å². The number of rotatable bonds is 14. The second kappa shape index (κ2) is 14.3. The molecule has 0 amide bonds. The van der Waals surface area contributed by atoms with Crippen molar-refractivity contribution >= 4 is 24.5 Å². The number of carbonyl (C=O) groups is 2. The molecule has 0 aliphatic rings. The fourth-order valence-corrected chi connectivity index (χ4v) is 2.87. The lowest BCUT2D eigenvalue weighted by Gasteiger charge is -2.11. The molecule has 0 fully saturated rings. The number of ether oxygens (including phenoxy) is 3. The third kappa shape index (κ3) is 8.90. The predicted octanol–water partition coefficient (Wildman–Crippen LogP) is 4.03. The topological polar surface area (TPSA) is 80.3 Å². The zero-order chi connectivity index (χ0) is 24.1. The summed E-state index contributed by atoms with van der Waals surface area (Å²) in [5.74, 6) is 0.430. The van der Waals surface area contributed by atoms with Crippen molar-refractivity contribution in [2.45, 2.75) is 40.0 Å². The van der Waals surface area contributed by atoms with Crippen LogP contribution in [0.25, 0.3) is 0 Å². The van der Waals surface area contributed by atoms with Crippen LogP contribution in [-0.2, 0) is 18.8 Å². The Morgan fingerprint density at radius 1 is 0.909 bits per heavy atom. The Kier molecular flexibility index (Phi) is 11.5. The van der Waals surface area contributed by atoms with Crippen molar-refractivity contribution in [3.63, 3.8) is 0 Å². The van der Waals surface area contributed by atoms with E-state index in [1.807, 2.05) is 20.8 Å². The Bertz CT molecular complexity index is 852. The highest BCUT2D eigenvalue weighted by atomic mass is 16.6. The normalized spacial score (nSPS) is 11.5. The van der Waals surface area contributed by atoms with Gasteiger partial charge in [0.25, 0.3) is 0 Å². The highest BCUT2D eigenvalue weighted by Gasteiger charge is 2.19. The molecule has 1 unspecified atom stereocenters. The smallest absolute Gasteiger partial charge is 0.493 e. The van der Waals surface area contributed by atoms with Crippen molar-refractivity contribution in [1.82, 2.24) is 0 Å². The Morgan fingerprint density at radius 2 is 1.55 bits per heavy atom. The molecular weight excluding hydrogens is 423 g/mol. The molecule has 0 saturated carbocycles. The third-order valence-electron chi connectivity index (χ3n) is 5.05. The minimum Gasteiger partial charge on any atom is -0.494 e. The molecule has 2 aromatic carbocycles. The molecule has 0 radical (unpaired) electrons. The summed E-state index contributed by atoms with van der Waals surface area (Å²) in [7, 11) is 1.12. The van der Waals surface area contributed by atoms with E-state index < -0.39 is 13.1 Å². The van der Waals surface area contributed by atoms with Gasteiger partial charge >= 0.3 is 19.1 Å². The quantitative estimate of drug-likeness (QED) is 0.184. The number of hydrogen-bond donors (Lipinski definition) is 0. The average Bonchev–Trinajstić information content (AvgIpc) is 2.84. The summed E-state index contributed by atoms with van der Waals surface area (Å²) in [6, 6.07) is 13.8. The maximum absolute atomic E-state index is 12.4. The van der Waals surface area contributed by atoms with E-state index in [1.54, 1.807) is 55.6 Å². The van der Waals surface area contributed by atoms with Crippen LogP contribution in [0.1, 0.15) is 50.4 Å². The highest BCUT2D eigenvalue weighted by Crippen LogP contribution is 2.16. The van der Waals surface area contributed by atoms with Gasteiger partial charge in [-0.05, 0) is 68.0 Å². The summed E-state index contributed by atoms with van der Waals surface area (Å²) in [4.78, 5) is 24.0. The lowest BCUT2D eigenvalue weighted by molar-refractivity contribution is -0.148. The summed E-state index contributed by atoms with van der Waals surface area (Å²) < 4.78 is 27.1. The van der Waals surface area contributed by atoms with Gasteiger partial charge in [-0.25, -0.2) is 4.79 Å². The monoisotopic (exact) mass is 456 g/mol. The highest BCUT2D eigenvalue weighted by molar-refractivity contribution is 6.61. The van der Waals surface area contributed by atoms with E-state index in [4.69, 9.17) is 23.5 Å². The second-order valence-electron chi connectivity index (χ2n) is 7.54. The van der Waals surface area contributed by atoms with Crippen LogP contribution in [0, 0.1) is 5.92 Å². The molecule has 2 aromatic rings. The Balaban J connectivity index is 1.74. The zero-order valence-electron chi connectivity index (χ0n) is 19.9. The molecule has 0 spiro atoms. The largest absolute Gasteiger partial charge is 0.494 e. The number of hydrogen-bond acceptors (Lipinski definition) is 7. The van der Waals surface area contributed by atoms with Gasteiger partial charge in [0.2, 0.25) is 0 Å². The maximum atomic E-state index is 12.4. The van der Waals surface area contributed by atoms with E-state index in [1.165, 1.54) is 0 Å². The van der Waals surface area contributed by atoms with Crippen LogP contribution in [0.4, 0.5) is 0 Å². The molecule has 0 aromatic heterocycles. The first-order valence-electron chi connectivity index (χ1n) is 11.3. The van der Waals surface area contributed by atoms with E-state index >= 15 is 0 Å². The first kappa shape index (κ1) is 26.4. The fourth-order valence-electron chi connectivity index (χ4n) is 2.87. The molecular formula is C25H33BO7. The number of carbonyl (C=O) groups excluding carboxylic acids is 2. The van der Waals surface area contributed by atoms with Crippen molar-refractivity contribution in [3.8, 4) is 11.5 Å².